The number of carbonyl (C=O) groups excluding carboxylic acids is 2. The molecule has 0 fully saturated rings. The lowest BCUT2D eigenvalue weighted by atomic mass is 10.1. The Kier molecular flexibility index (Phi) is 6.18. The Morgan fingerprint density at radius 1 is 1.25 bits per heavy atom. The van der Waals surface area contributed by atoms with E-state index in [0.717, 1.165) is 5.56 Å². The molecule has 5 heteroatoms. The fourth-order valence-corrected chi connectivity index (χ4v) is 1.71. The van der Waals surface area contributed by atoms with Gasteiger partial charge in [0.25, 0.3) is 0 Å². The maximum absolute atomic E-state index is 12.1. The number of benzene rings is 1. The highest BCUT2D eigenvalue weighted by molar-refractivity contribution is 5.87. The molecule has 3 N–H and O–H groups in total. The molecule has 1 aromatic rings. The number of rotatable bonds is 6. The minimum Gasteiger partial charge on any atom is -0.354 e. The van der Waals surface area contributed by atoms with E-state index in [0.29, 0.717) is 12.5 Å². The van der Waals surface area contributed by atoms with Gasteiger partial charge < -0.3 is 16.0 Å². The quantitative estimate of drug-likeness (QED) is 0.812. The molecule has 2 amide bonds. The summed E-state index contributed by atoms with van der Waals surface area (Å²) < 4.78 is 0. The third kappa shape index (κ3) is 5.01. The molecule has 1 aromatic carbocycles. The molecule has 1 rings (SSSR count). The molecule has 0 aliphatic rings. The summed E-state index contributed by atoms with van der Waals surface area (Å²) in [5.74, 6) is -0.0581. The van der Waals surface area contributed by atoms with E-state index < -0.39 is 6.04 Å². The average Bonchev–Trinajstić information content (AvgIpc) is 2.44. The van der Waals surface area contributed by atoms with E-state index >= 15 is 0 Å². The highest BCUT2D eigenvalue weighted by atomic mass is 16.2. The molecule has 0 spiro atoms. The molecule has 5 nitrogen and oxygen atoms in total. The van der Waals surface area contributed by atoms with E-state index in [4.69, 9.17) is 5.73 Å². The maximum atomic E-state index is 12.1. The third-order valence-electron chi connectivity index (χ3n) is 2.89. The van der Waals surface area contributed by atoms with Crippen LogP contribution in [0.15, 0.2) is 30.3 Å². The lowest BCUT2D eigenvalue weighted by Gasteiger charge is -2.21. The summed E-state index contributed by atoms with van der Waals surface area (Å²) in [6, 6.07) is 8.39. The second-order valence-electron chi connectivity index (χ2n) is 5.28. The highest BCUT2D eigenvalue weighted by Gasteiger charge is 2.21. The van der Waals surface area contributed by atoms with Gasteiger partial charge in [0.1, 0.15) is 6.04 Å². The van der Waals surface area contributed by atoms with Crippen molar-refractivity contribution < 1.29 is 9.59 Å². The number of nitrogens with two attached hydrogens (primary N) is 1. The van der Waals surface area contributed by atoms with Gasteiger partial charge in [-0.3, -0.25) is 9.59 Å². The monoisotopic (exact) mass is 277 g/mol. The Morgan fingerprint density at radius 3 is 2.40 bits per heavy atom. The van der Waals surface area contributed by atoms with E-state index in [9.17, 15) is 9.59 Å². The summed E-state index contributed by atoms with van der Waals surface area (Å²) in [6.45, 7) is 4.65. The van der Waals surface area contributed by atoms with Gasteiger partial charge in [-0.05, 0) is 11.5 Å². The summed E-state index contributed by atoms with van der Waals surface area (Å²) in [5, 5.41) is 2.77. The van der Waals surface area contributed by atoms with Crippen LogP contribution in [0.1, 0.15) is 25.5 Å². The van der Waals surface area contributed by atoms with E-state index in [-0.39, 0.29) is 18.4 Å². The summed E-state index contributed by atoms with van der Waals surface area (Å²) in [5.41, 5.74) is 6.66. The van der Waals surface area contributed by atoms with Gasteiger partial charge in [0.05, 0.1) is 6.54 Å². The van der Waals surface area contributed by atoms with Crippen LogP contribution in [0, 0.1) is 5.92 Å². The number of amides is 2. The molecule has 20 heavy (non-hydrogen) atoms. The van der Waals surface area contributed by atoms with Crippen LogP contribution >= 0.6 is 0 Å². The standard InChI is InChI=1S/C15H23N3O2/c1-11(2)9-17-13(19)10-18(3)15(20)14(16)12-7-5-4-6-8-12/h4-8,11,14H,9-10,16H2,1-3H3,(H,17,19)/t14-/m0/s1. The molecule has 1 atom stereocenters. The van der Waals surface area contributed by atoms with Crippen molar-refractivity contribution in [1.29, 1.82) is 0 Å². The number of hydrogen-bond donors (Lipinski definition) is 2. The van der Waals surface area contributed by atoms with Gasteiger partial charge in [-0.25, -0.2) is 0 Å². The van der Waals surface area contributed by atoms with Crippen molar-refractivity contribution in [2.45, 2.75) is 19.9 Å². The fourth-order valence-electron chi connectivity index (χ4n) is 1.71. The molecule has 110 valence electrons. The van der Waals surface area contributed by atoms with Crippen LogP contribution in [0.4, 0.5) is 0 Å². The normalized spacial score (nSPS) is 12.1. The SMILES string of the molecule is CC(C)CNC(=O)CN(C)C(=O)[C@@H](N)c1ccccc1. The molecule has 0 aliphatic heterocycles. The first-order chi connectivity index (χ1) is 9.41. The summed E-state index contributed by atoms with van der Waals surface area (Å²) in [7, 11) is 1.58. The minimum atomic E-state index is -0.737. The summed E-state index contributed by atoms with van der Waals surface area (Å²) in [6.07, 6.45) is 0. The van der Waals surface area contributed by atoms with Crippen LogP contribution in [-0.2, 0) is 9.59 Å². The number of nitrogens with zero attached hydrogens (tertiary/aromatic N) is 1. The van der Waals surface area contributed by atoms with Crippen LogP contribution in [0.25, 0.3) is 0 Å². The van der Waals surface area contributed by atoms with Gasteiger partial charge in [-0.1, -0.05) is 44.2 Å². The van der Waals surface area contributed by atoms with Crippen LogP contribution in [0.2, 0.25) is 0 Å². The van der Waals surface area contributed by atoms with Crippen LogP contribution < -0.4 is 11.1 Å². The molecular weight excluding hydrogens is 254 g/mol. The third-order valence-corrected chi connectivity index (χ3v) is 2.89. The predicted molar refractivity (Wildman–Crippen MR) is 78.9 cm³/mol. The summed E-state index contributed by atoms with van der Waals surface area (Å²) in [4.78, 5) is 25.2. The summed E-state index contributed by atoms with van der Waals surface area (Å²) >= 11 is 0. The van der Waals surface area contributed by atoms with Gasteiger partial charge in [0, 0.05) is 13.6 Å². The van der Waals surface area contributed by atoms with E-state index in [1.54, 1.807) is 19.2 Å². The predicted octanol–water partition coefficient (Wildman–Crippen LogP) is 0.917. The van der Waals surface area contributed by atoms with E-state index in [1.807, 2.05) is 32.0 Å². The van der Waals surface area contributed by atoms with Crippen molar-refractivity contribution in [2.75, 3.05) is 20.1 Å². The maximum Gasteiger partial charge on any atom is 0.244 e. The molecule has 0 heterocycles. The van der Waals surface area contributed by atoms with E-state index in [1.165, 1.54) is 4.90 Å². The van der Waals surface area contributed by atoms with Gasteiger partial charge in [-0.15, -0.1) is 0 Å². The zero-order valence-electron chi connectivity index (χ0n) is 12.3. The molecule has 0 saturated carbocycles. The Morgan fingerprint density at radius 2 is 1.85 bits per heavy atom. The van der Waals surface area contributed by atoms with Crippen molar-refractivity contribution in [1.82, 2.24) is 10.2 Å². The Hall–Kier alpha value is -1.88. The molecule has 0 aromatic heterocycles. The van der Waals surface area contributed by atoms with Crippen molar-refractivity contribution in [2.24, 2.45) is 11.7 Å². The number of hydrogen-bond acceptors (Lipinski definition) is 3. The molecule has 0 saturated heterocycles. The van der Waals surface area contributed by atoms with Gasteiger partial charge >= 0.3 is 0 Å². The second-order valence-corrected chi connectivity index (χ2v) is 5.28. The van der Waals surface area contributed by atoms with E-state index in [2.05, 4.69) is 5.32 Å². The molecule has 0 unspecified atom stereocenters. The van der Waals surface area contributed by atoms with Crippen LogP contribution in [-0.4, -0.2) is 36.9 Å². The second kappa shape index (κ2) is 7.65. The largest absolute Gasteiger partial charge is 0.354 e. The lowest BCUT2D eigenvalue weighted by molar-refractivity contribution is -0.135. The Bertz CT molecular complexity index is 446. The number of nitrogens with one attached hydrogen (secondary N) is 1. The molecular formula is C15H23N3O2. The topological polar surface area (TPSA) is 75.4 Å². The molecule has 0 aliphatic carbocycles. The van der Waals surface area contributed by atoms with Gasteiger partial charge in [0.2, 0.25) is 11.8 Å². The Labute approximate surface area is 120 Å². The van der Waals surface area contributed by atoms with Gasteiger partial charge in [0.15, 0.2) is 0 Å². The lowest BCUT2D eigenvalue weighted by Crippen LogP contribution is -2.42. The molecule has 0 radical (unpaired) electrons. The number of carbonyl (C=O) groups is 2. The smallest absolute Gasteiger partial charge is 0.244 e. The first-order valence-electron chi connectivity index (χ1n) is 6.74. The zero-order valence-corrected chi connectivity index (χ0v) is 12.3. The molecule has 0 bridgehead atoms. The fraction of sp³-hybridized carbons (Fsp3) is 0.467. The van der Waals surface area contributed by atoms with Crippen molar-refractivity contribution >= 4 is 11.8 Å². The average molecular weight is 277 g/mol. The Balaban J connectivity index is 2.52. The zero-order chi connectivity index (χ0) is 15.1. The van der Waals surface area contributed by atoms with Crippen molar-refractivity contribution in [3.8, 4) is 0 Å². The van der Waals surface area contributed by atoms with Crippen LogP contribution in [0.5, 0.6) is 0 Å². The first-order valence-corrected chi connectivity index (χ1v) is 6.74. The minimum absolute atomic E-state index is 0.0199. The van der Waals surface area contributed by atoms with Gasteiger partial charge in [-0.2, -0.15) is 0 Å². The van der Waals surface area contributed by atoms with Crippen molar-refractivity contribution in [3.63, 3.8) is 0 Å². The van der Waals surface area contributed by atoms with Crippen molar-refractivity contribution in [3.05, 3.63) is 35.9 Å². The number of likely N-dealkylation sites (N-methyl/N-ethyl adjacent to an activating group) is 1. The highest BCUT2D eigenvalue weighted by Crippen LogP contribution is 2.11. The first kappa shape index (κ1) is 16.2. The van der Waals surface area contributed by atoms with Crippen LogP contribution in [0.3, 0.4) is 0 Å².